The third kappa shape index (κ3) is 5.23. The van der Waals surface area contributed by atoms with Gasteiger partial charge < -0.3 is 9.84 Å². The van der Waals surface area contributed by atoms with Crippen molar-refractivity contribution in [2.75, 3.05) is 6.61 Å². The van der Waals surface area contributed by atoms with E-state index in [9.17, 15) is 9.59 Å². The molecule has 176 valence electrons. The van der Waals surface area contributed by atoms with E-state index >= 15 is 0 Å². The van der Waals surface area contributed by atoms with Crippen LogP contribution < -0.4 is 4.74 Å². The maximum atomic E-state index is 13.1. The molecule has 0 fully saturated rings. The number of para-hydroxylation sites is 1. The number of pyridine rings is 1. The second kappa shape index (κ2) is 10.5. The van der Waals surface area contributed by atoms with Crippen molar-refractivity contribution < 1.29 is 19.4 Å². The van der Waals surface area contributed by atoms with Gasteiger partial charge in [0.05, 0.1) is 18.4 Å². The highest BCUT2D eigenvalue weighted by molar-refractivity contribution is 9.10. The van der Waals surface area contributed by atoms with Gasteiger partial charge in [0.25, 0.3) is 0 Å². The molecule has 0 saturated carbocycles. The number of carboxylic acid groups (broad SMARTS) is 1. The normalized spacial score (nSPS) is 15.4. The van der Waals surface area contributed by atoms with Crippen molar-refractivity contribution in [2.24, 2.45) is 5.10 Å². The number of ether oxygens (including phenoxy) is 1. The Balaban J connectivity index is 1.72. The van der Waals surface area contributed by atoms with Gasteiger partial charge in [0, 0.05) is 34.7 Å². The summed E-state index contributed by atoms with van der Waals surface area (Å²) < 4.78 is 6.59. The summed E-state index contributed by atoms with van der Waals surface area (Å²) in [6.07, 6.45) is 0.690. The number of fused-ring (bicyclic) bond motifs is 1. The number of amides is 1. The van der Waals surface area contributed by atoms with Gasteiger partial charge in [0.15, 0.2) is 0 Å². The zero-order valence-electron chi connectivity index (χ0n) is 18.5. The molecule has 1 aliphatic heterocycles. The predicted octanol–water partition coefficient (Wildman–Crippen LogP) is 5.98. The molecule has 3 aromatic rings. The first-order valence-corrected chi connectivity index (χ1v) is 12.1. The molecule has 1 atom stereocenters. The molecule has 0 spiro atoms. The number of carbonyl (C=O) groups is 2. The number of hydrazone groups is 1. The van der Waals surface area contributed by atoms with Crippen LogP contribution in [0, 0.1) is 0 Å². The van der Waals surface area contributed by atoms with Gasteiger partial charge in [-0.25, -0.2) is 9.99 Å². The maximum absolute atomic E-state index is 13.1. The molecule has 0 aliphatic carbocycles. The molecule has 9 heteroatoms. The van der Waals surface area contributed by atoms with Crippen LogP contribution in [0.2, 0.25) is 5.15 Å². The number of carbonyl (C=O) groups excluding carboxylic acids is 1. The summed E-state index contributed by atoms with van der Waals surface area (Å²) in [5, 5.41) is 16.1. The molecule has 1 N–H and O–H groups in total. The van der Waals surface area contributed by atoms with Gasteiger partial charge in [-0.1, -0.05) is 51.8 Å². The van der Waals surface area contributed by atoms with Gasteiger partial charge in [-0.3, -0.25) is 9.59 Å². The molecule has 0 radical (unpaired) electrons. The van der Waals surface area contributed by atoms with E-state index in [1.807, 2.05) is 55.5 Å². The second-order valence-corrected chi connectivity index (χ2v) is 9.17. The molecule has 2 aromatic carbocycles. The van der Waals surface area contributed by atoms with Crippen molar-refractivity contribution in [1.29, 1.82) is 0 Å². The summed E-state index contributed by atoms with van der Waals surface area (Å²) in [6.45, 7) is 2.41. The molecule has 2 heterocycles. The largest absolute Gasteiger partial charge is 0.492 e. The number of hydrogen-bond donors (Lipinski definition) is 1. The average Bonchev–Trinajstić information content (AvgIpc) is 3.24. The molecule has 0 bridgehead atoms. The lowest BCUT2D eigenvalue weighted by atomic mass is 9.98. The Bertz CT molecular complexity index is 1280. The topological polar surface area (TPSA) is 92.1 Å². The third-order valence-electron chi connectivity index (χ3n) is 5.55. The van der Waals surface area contributed by atoms with Gasteiger partial charge in [0.2, 0.25) is 5.91 Å². The third-order valence-corrected chi connectivity index (χ3v) is 6.35. The van der Waals surface area contributed by atoms with E-state index in [4.69, 9.17) is 21.4 Å². The highest BCUT2D eigenvalue weighted by Gasteiger charge is 2.35. The van der Waals surface area contributed by atoms with E-state index in [1.54, 1.807) is 0 Å². The van der Waals surface area contributed by atoms with Crippen molar-refractivity contribution in [3.63, 3.8) is 0 Å². The van der Waals surface area contributed by atoms with Gasteiger partial charge in [0.1, 0.15) is 16.4 Å². The van der Waals surface area contributed by atoms with Crippen molar-refractivity contribution in [1.82, 2.24) is 9.99 Å². The van der Waals surface area contributed by atoms with Crippen molar-refractivity contribution in [3.05, 3.63) is 69.3 Å². The number of aliphatic carboxylic acids is 1. The molecule has 0 saturated heterocycles. The monoisotopic (exact) mass is 543 g/mol. The van der Waals surface area contributed by atoms with Crippen LogP contribution in [0.1, 0.15) is 49.8 Å². The number of halogens is 2. The number of rotatable bonds is 8. The zero-order chi connectivity index (χ0) is 24.2. The van der Waals surface area contributed by atoms with Crippen molar-refractivity contribution >= 4 is 56.0 Å². The van der Waals surface area contributed by atoms with E-state index in [2.05, 4.69) is 26.0 Å². The Morgan fingerprint density at radius 1 is 1.21 bits per heavy atom. The van der Waals surface area contributed by atoms with Crippen LogP contribution >= 0.6 is 27.5 Å². The highest BCUT2D eigenvalue weighted by atomic mass is 79.9. The fourth-order valence-electron chi connectivity index (χ4n) is 4.00. The summed E-state index contributed by atoms with van der Waals surface area (Å²) in [5.41, 5.74) is 2.98. The Labute approximate surface area is 210 Å². The van der Waals surface area contributed by atoms with Gasteiger partial charge in [-0.2, -0.15) is 5.10 Å². The molecule has 0 unspecified atom stereocenters. The minimum atomic E-state index is -0.934. The number of carboxylic acids is 1. The summed E-state index contributed by atoms with van der Waals surface area (Å²) in [6, 6.07) is 14.8. The zero-order valence-corrected chi connectivity index (χ0v) is 20.8. The Morgan fingerprint density at radius 3 is 2.74 bits per heavy atom. The Hall–Kier alpha value is -2.97. The summed E-state index contributed by atoms with van der Waals surface area (Å²) in [7, 11) is 0. The lowest BCUT2D eigenvalue weighted by Crippen LogP contribution is -2.27. The summed E-state index contributed by atoms with van der Waals surface area (Å²) in [5.74, 6) is -0.543. The van der Waals surface area contributed by atoms with Crippen LogP contribution in [0.15, 0.2) is 58.1 Å². The van der Waals surface area contributed by atoms with E-state index in [0.29, 0.717) is 29.9 Å². The molecule has 1 aliphatic rings. The second-order valence-electron chi connectivity index (χ2n) is 7.89. The van der Waals surface area contributed by atoms with Crippen LogP contribution in [0.5, 0.6) is 5.75 Å². The molecule has 1 amide bonds. The molecule has 1 aromatic heterocycles. The molecule has 4 rings (SSSR count). The average molecular weight is 545 g/mol. The number of benzene rings is 2. The van der Waals surface area contributed by atoms with Crippen LogP contribution in [0.4, 0.5) is 0 Å². The summed E-state index contributed by atoms with van der Waals surface area (Å²) >= 11 is 10.1. The Kier molecular flexibility index (Phi) is 7.48. The quantitative estimate of drug-likeness (QED) is 0.352. The smallest absolute Gasteiger partial charge is 0.303 e. The van der Waals surface area contributed by atoms with Crippen LogP contribution in [-0.2, 0) is 9.59 Å². The van der Waals surface area contributed by atoms with Crippen LogP contribution in [0.25, 0.3) is 10.9 Å². The lowest BCUT2D eigenvalue weighted by Gasteiger charge is -2.23. The maximum Gasteiger partial charge on any atom is 0.303 e. The first kappa shape index (κ1) is 24.2. The van der Waals surface area contributed by atoms with Gasteiger partial charge >= 0.3 is 5.97 Å². The fraction of sp³-hybridized carbons (Fsp3) is 0.280. The predicted molar refractivity (Wildman–Crippen MR) is 134 cm³/mol. The van der Waals surface area contributed by atoms with Crippen LogP contribution in [0.3, 0.4) is 0 Å². The van der Waals surface area contributed by atoms with Crippen LogP contribution in [-0.4, -0.2) is 39.3 Å². The number of aromatic nitrogens is 1. The van der Waals surface area contributed by atoms with E-state index < -0.39 is 12.0 Å². The highest BCUT2D eigenvalue weighted by Crippen LogP contribution is 2.39. The molecular formula is C25H23BrClN3O4. The SMILES string of the molecule is CCOc1cccc2cc([C@H]3CC(c4cccc(Br)c4)=NN3C(=O)CCCC(=O)O)c(Cl)nc12. The minimum Gasteiger partial charge on any atom is -0.492 e. The van der Waals surface area contributed by atoms with Gasteiger partial charge in [-0.05, 0) is 43.2 Å². The standard InChI is InChI=1S/C25H23BrClN3O4/c1-2-34-21-9-4-7-16-13-18(25(27)28-24(16)21)20-14-19(15-6-3-8-17(26)12-15)29-30(20)22(31)10-5-11-23(32)33/h3-4,6-9,12-13,20H,2,5,10-11,14H2,1H3,(H,32,33)/t20-/m1/s1. The summed E-state index contributed by atoms with van der Waals surface area (Å²) in [4.78, 5) is 28.6. The lowest BCUT2D eigenvalue weighted by molar-refractivity contribution is -0.137. The molecule has 7 nitrogen and oxygen atoms in total. The molecular weight excluding hydrogens is 522 g/mol. The van der Waals surface area contributed by atoms with E-state index in [1.165, 1.54) is 5.01 Å². The van der Waals surface area contributed by atoms with Crippen molar-refractivity contribution in [3.8, 4) is 5.75 Å². The number of nitrogens with zero attached hydrogens (tertiary/aromatic N) is 3. The van der Waals surface area contributed by atoms with E-state index in [-0.39, 0.29) is 30.3 Å². The Morgan fingerprint density at radius 2 is 2.00 bits per heavy atom. The molecule has 34 heavy (non-hydrogen) atoms. The first-order valence-electron chi connectivity index (χ1n) is 11.0. The van der Waals surface area contributed by atoms with Gasteiger partial charge in [-0.15, -0.1) is 0 Å². The number of hydrogen-bond acceptors (Lipinski definition) is 5. The first-order chi connectivity index (χ1) is 16.4. The van der Waals surface area contributed by atoms with E-state index in [0.717, 1.165) is 21.1 Å². The minimum absolute atomic E-state index is 0.0746. The fourth-order valence-corrected chi connectivity index (χ4v) is 4.67. The van der Waals surface area contributed by atoms with Crippen molar-refractivity contribution in [2.45, 2.75) is 38.6 Å².